The molecule has 0 saturated carbocycles. The van der Waals surface area contributed by atoms with Gasteiger partial charge in [-0.15, -0.1) is 0 Å². The van der Waals surface area contributed by atoms with Crippen molar-refractivity contribution in [2.75, 3.05) is 0 Å². The summed E-state index contributed by atoms with van der Waals surface area (Å²) in [4.78, 5) is -3.06. The molecule has 66 valence electrons. The standard InChI is InChI=1S/C7H10BrClF2/c1-3-5(4-2)6(9)7(8,10)11/h3-4H2,1-2H3. The second-order valence-electron chi connectivity index (χ2n) is 2.12. The number of rotatable bonds is 3. The zero-order valence-corrected chi connectivity index (χ0v) is 8.77. The van der Waals surface area contributed by atoms with E-state index in [1.165, 1.54) is 0 Å². The first-order valence-electron chi connectivity index (χ1n) is 3.38. The molecule has 0 atom stereocenters. The van der Waals surface area contributed by atoms with E-state index < -0.39 is 4.83 Å². The van der Waals surface area contributed by atoms with Gasteiger partial charge in [0.25, 0.3) is 0 Å². The Bertz CT molecular complexity index is 154. The van der Waals surface area contributed by atoms with Crippen molar-refractivity contribution in [2.45, 2.75) is 31.5 Å². The van der Waals surface area contributed by atoms with Crippen molar-refractivity contribution in [1.29, 1.82) is 0 Å². The Morgan fingerprint density at radius 3 is 1.82 bits per heavy atom. The minimum Gasteiger partial charge on any atom is -0.187 e. The summed E-state index contributed by atoms with van der Waals surface area (Å²) in [6, 6.07) is 0. The van der Waals surface area contributed by atoms with Gasteiger partial charge in [-0.2, -0.15) is 8.78 Å². The Morgan fingerprint density at radius 1 is 1.36 bits per heavy atom. The molecule has 0 aromatic rings. The van der Waals surface area contributed by atoms with Gasteiger partial charge in [0.05, 0.1) is 5.03 Å². The number of hydrogen-bond donors (Lipinski definition) is 0. The van der Waals surface area contributed by atoms with Crippen LogP contribution in [0.15, 0.2) is 10.6 Å². The lowest BCUT2D eigenvalue weighted by molar-refractivity contribution is 0.164. The summed E-state index contributed by atoms with van der Waals surface area (Å²) in [6.45, 7) is 3.61. The van der Waals surface area contributed by atoms with Crippen LogP contribution in [0, 0.1) is 0 Å². The Balaban J connectivity index is 4.62. The maximum absolute atomic E-state index is 12.5. The minimum absolute atomic E-state index is 0.373. The lowest BCUT2D eigenvalue weighted by atomic mass is 10.1. The van der Waals surface area contributed by atoms with E-state index in [0.717, 1.165) is 0 Å². The van der Waals surface area contributed by atoms with Gasteiger partial charge in [-0.25, -0.2) is 0 Å². The molecule has 0 rings (SSSR count). The van der Waals surface area contributed by atoms with Gasteiger partial charge in [0.1, 0.15) is 0 Å². The summed E-state index contributed by atoms with van der Waals surface area (Å²) in [5.74, 6) is 0. The highest BCUT2D eigenvalue weighted by molar-refractivity contribution is 9.10. The second kappa shape index (κ2) is 4.41. The number of allylic oxidation sites excluding steroid dienone is 2. The van der Waals surface area contributed by atoms with E-state index in [4.69, 9.17) is 11.6 Å². The molecule has 0 fully saturated rings. The Hall–Kier alpha value is 0.370. The highest BCUT2D eigenvalue weighted by Crippen LogP contribution is 2.37. The Labute approximate surface area is 78.7 Å². The third-order valence-corrected chi connectivity index (χ3v) is 2.54. The predicted molar refractivity (Wildman–Crippen MR) is 47.3 cm³/mol. The quantitative estimate of drug-likeness (QED) is 0.653. The molecule has 0 aromatic heterocycles. The maximum atomic E-state index is 12.5. The fraction of sp³-hybridized carbons (Fsp3) is 0.714. The molecule has 0 spiro atoms. The van der Waals surface area contributed by atoms with Crippen molar-refractivity contribution in [3.05, 3.63) is 10.6 Å². The SMILES string of the molecule is CCC(CC)=C(Cl)C(F)(F)Br. The highest BCUT2D eigenvalue weighted by Gasteiger charge is 2.30. The smallest absolute Gasteiger partial charge is 0.187 e. The lowest BCUT2D eigenvalue weighted by Crippen LogP contribution is -2.07. The van der Waals surface area contributed by atoms with Crippen LogP contribution < -0.4 is 0 Å². The first-order valence-corrected chi connectivity index (χ1v) is 4.55. The molecule has 4 heteroatoms. The average Bonchev–Trinajstić information content (AvgIpc) is 1.88. The first kappa shape index (κ1) is 11.4. The van der Waals surface area contributed by atoms with E-state index in [9.17, 15) is 8.78 Å². The van der Waals surface area contributed by atoms with Crippen LogP contribution in [-0.4, -0.2) is 4.83 Å². The Kier molecular flexibility index (Phi) is 4.56. The van der Waals surface area contributed by atoms with E-state index in [1.54, 1.807) is 13.8 Å². The van der Waals surface area contributed by atoms with Crippen LogP contribution in [0.1, 0.15) is 26.7 Å². The van der Waals surface area contributed by atoms with E-state index >= 15 is 0 Å². The van der Waals surface area contributed by atoms with Crippen molar-refractivity contribution in [3.8, 4) is 0 Å². The van der Waals surface area contributed by atoms with E-state index in [2.05, 4.69) is 15.9 Å². The molecule has 0 N–H and O–H groups in total. The van der Waals surface area contributed by atoms with Crippen LogP contribution in [0.3, 0.4) is 0 Å². The molecular formula is C7H10BrClF2. The summed E-state index contributed by atoms with van der Waals surface area (Å²) in [5.41, 5.74) is 0.591. The van der Waals surface area contributed by atoms with E-state index in [0.29, 0.717) is 18.4 Å². The predicted octanol–water partition coefficient (Wildman–Crippen LogP) is 4.29. The molecule has 11 heavy (non-hydrogen) atoms. The number of alkyl halides is 3. The van der Waals surface area contributed by atoms with Gasteiger partial charge in [-0.3, -0.25) is 0 Å². The van der Waals surface area contributed by atoms with Crippen molar-refractivity contribution in [1.82, 2.24) is 0 Å². The maximum Gasteiger partial charge on any atom is 0.336 e. The minimum atomic E-state index is -3.06. The third-order valence-electron chi connectivity index (χ3n) is 1.41. The molecule has 0 amide bonds. The molecular weight excluding hydrogens is 237 g/mol. The molecule has 0 aliphatic carbocycles. The summed E-state index contributed by atoms with van der Waals surface area (Å²) in [6.07, 6.45) is 1.13. The van der Waals surface area contributed by atoms with Crippen molar-refractivity contribution in [3.63, 3.8) is 0 Å². The molecule has 0 unspecified atom stereocenters. The van der Waals surface area contributed by atoms with Crippen LogP contribution >= 0.6 is 27.5 Å². The zero-order chi connectivity index (χ0) is 9.07. The monoisotopic (exact) mass is 246 g/mol. The van der Waals surface area contributed by atoms with E-state index in [1.807, 2.05) is 0 Å². The lowest BCUT2D eigenvalue weighted by Gasteiger charge is -2.11. The summed E-state index contributed by atoms with van der Waals surface area (Å²) < 4.78 is 24.9. The van der Waals surface area contributed by atoms with Crippen LogP contribution in [0.2, 0.25) is 0 Å². The van der Waals surface area contributed by atoms with Gasteiger partial charge < -0.3 is 0 Å². The summed E-state index contributed by atoms with van der Waals surface area (Å²) in [5, 5.41) is -0.373. The molecule has 0 heterocycles. The van der Waals surface area contributed by atoms with Crippen molar-refractivity contribution < 1.29 is 8.78 Å². The van der Waals surface area contributed by atoms with Crippen LogP contribution in [0.4, 0.5) is 8.78 Å². The van der Waals surface area contributed by atoms with Gasteiger partial charge in [-0.1, -0.05) is 25.4 Å². The zero-order valence-electron chi connectivity index (χ0n) is 6.43. The van der Waals surface area contributed by atoms with Crippen molar-refractivity contribution in [2.24, 2.45) is 0 Å². The van der Waals surface area contributed by atoms with Gasteiger partial charge in [-0.05, 0) is 34.3 Å². The fourth-order valence-electron chi connectivity index (χ4n) is 0.761. The average molecular weight is 248 g/mol. The molecule has 0 saturated heterocycles. The highest BCUT2D eigenvalue weighted by atomic mass is 79.9. The topological polar surface area (TPSA) is 0 Å². The second-order valence-corrected chi connectivity index (χ2v) is 3.50. The molecule has 0 aliphatic heterocycles. The normalized spacial score (nSPS) is 11.5. The van der Waals surface area contributed by atoms with Gasteiger partial charge >= 0.3 is 4.83 Å². The number of halogens is 4. The van der Waals surface area contributed by atoms with Crippen LogP contribution in [-0.2, 0) is 0 Å². The molecule has 0 aromatic carbocycles. The fourth-order valence-corrected chi connectivity index (χ4v) is 1.31. The Morgan fingerprint density at radius 2 is 1.73 bits per heavy atom. The van der Waals surface area contributed by atoms with Crippen LogP contribution in [0.5, 0.6) is 0 Å². The van der Waals surface area contributed by atoms with Gasteiger partial charge in [0.15, 0.2) is 0 Å². The van der Waals surface area contributed by atoms with Crippen LogP contribution in [0.25, 0.3) is 0 Å². The summed E-state index contributed by atoms with van der Waals surface area (Å²) >= 11 is 7.61. The van der Waals surface area contributed by atoms with Gasteiger partial charge in [0.2, 0.25) is 0 Å². The number of hydrogen-bond acceptors (Lipinski definition) is 0. The molecule has 0 bridgehead atoms. The third kappa shape index (κ3) is 3.52. The van der Waals surface area contributed by atoms with Gasteiger partial charge in [0, 0.05) is 0 Å². The molecule has 0 radical (unpaired) electrons. The molecule has 0 nitrogen and oxygen atoms in total. The molecule has 0 aliphatic rings. The largest absolute Gasteiger partial charge is 0.336 e. The summed E-state index contributed by atoms with van der Waals surface area (Å²) in [7, 11) is 0. The first-order chi connectivity index (χ1) is 4.93. The van der Waals surface area contributed by atoms with E-state index in [-0.39, 0.29) is 5.03 Å². The van der Waals surface area contributed by atoms with Crippen molar-refractivity contribution >= 4 is 27.5 Å².